The Hall–Kier alpha value is -1.64. The molecule has 0 radical (unpaired) electrons. The van der Waals surface area contributed by atoms with Crippen LogP contribution in [0.15, 0.2) is 54.6 Å². The number of likely N-dealkylation sites (N-methyl/N-ethyl adjacent to an activating group) is 1. The van der Waals surface area contributed by atoms with E-state index in [4.69, 9.17) is 4.74 Å². The van der Waals surface area contributed by atoms with Crippen LogP contribution in [-0.2, 0) is 10.3 Å². The molecule has 2 nitrogen and oxygen atoms in total. The van der Waals surface area contributed by atoms with Gasteiger partial charge in [0.25, 0.3) is 0 Å². The van der Waals surface area contributed by atoms with Gasteiger partial charge in [0.05, 0.1) is 6.61 Å². The highest BCUT2D eigenvalue weighted by Gasteiger charge is 2.29. The zero-order valence-electron chi connectivity index (χ0n) is 13.5. The molecule has 1 atom stereocenters. The topological polar surface area (TPSA) is 12.5 Å². The fourth-order valence-electron chi connectivity index (χ4n) is 2.46. The normalized spacial score (nSPS) is 14.1. The third kappa shape index (κ3) is 3.93. The summed E-state index contributed by atoms with van der Waals surface area (Å²) < 4.78 is 6.33. The minimum atomic E-state index is -0.413. The lowest BCUT2D eigenvalue weighted by Crippen LogP contribution is -2.31. The first kappa shape index (κ1) is 15.7. The molecule has 2 heteroatoms. The standard InChI is InChI=1S/C19H25NO/c1-16-9-8-12-18(15-16)19(2,21-14-13-20(3)4)17-10-6-5-7-11-17/h5-12,15H,13-14H2,1-4H3. The van der Waals surface area contributed by atoms with E-state index >= 15 is 0 Å². The van der Waals surface area contributed by atoms with Crippen LogP contribution in [0.2, 0.25) is 0 Å². The number of hydrogen-bond donors (Lipinski definition) is 0. The van der Waals surface area contributed by atoms with E-state index in [1.165, 1.54) is 16.7 Å². The minimum absolute atomic E-state index is 0.413. The number of ether oxygens (including phenoxy) is 1. The van der Waals surface area contributed by atoms with Gasteiger partial charge >= 0.3 is 0 Å². The summed E-state index contributed by atoms with van der Waals surface area (Å²) in [6.45, 7) is 5.89. The van der Waals surface area contributed by atoms with Gasteiger partial charge in [0.1, 0.15) is 5.60 Å². The third-order valence-corrected chi connectivity index (χ3v) is 3.82. The Morgan fingerprint density at radius 3 is 2.24 bits per heavy atom. The molecule has 112 valence electrons. The lowest BCUT2D eigenvalue weighted by Gasteiger charge is -2.32. The molecule has 0 bridgehead atoms. The summed E-state index contributed by atoms with van der Waals surface area (Å²) in [6, 6.07) is 19.0. The molecule has 1 unspecified atom stereocenters. The molecular formula is C19H25NO. The minimum Gasteiger partial charge on any atom is -0.365 e. The van der Waals surface area contributed by atoms with Crippen molar-refractivity contribution >= 4 is 0 Å². The molecule has 0 aliphatic heterocycles. The van der Waals surface area contributed by atoms with Crippen LogP contribution in [0.5, 0.6) is 0 Å². The average Bonchev–Trinajstić information content (AvgIpc) is 2.47. The predicted molar refractivity (Wildman–Crippen MR) is 88.6 cm³/mol. The van der Waals surface area contributed by atoms with Crippen molar-refractivity contribution in [2.24, 2.45) is 0 Å². The first-order chi connectivity index (χ1) is 10.0. The van der Waals surface area contributed by atoms with Gasteiger partial charge in [-0.2, -0.15) is 0 Å². The molecule has 2 aromatic rings. The molecular weight excluding hydrogens is 258 g/mol. The molecule has 0 spiro atoms. The lowest BCUT2D eigenvalue weighted by atomic mass is 9.87. The fraction of sp³-hybridized carbons (Fsp3) is 0.368. The van der Waals surface area contributed by atoms with Crippen LogP contribution in [0.4, 0.5) is 0 Å². The highest BCUT2D eigenvalue weighted by Crippen LogP contribution is 2.33. The molecule has 0 aliphatic rings. The van der Waals surface area contributed by atoms with Gasteiger partial charge in [0, 0.05) is 6.54 Å². The summed E-state index contributed by atoms with van der Waals surface area (Å²) in [7, 11) is 4.13. The van der Waals surface area contributed by atoms with Gasteiger partial charge in [-0.1, -0.05) is 60.2 Å². The van der Waals surface area contributed by atoms with Crippen LogP contribution >= 0.6 is 0 Å². The van der Waals surface area contributed by atoms with Gasteiger partial charge in [-0.3, -0.25) is 0 Å². The Bertz CT molecular complexity index is 565. The molecule has 0 heterocycles. The Morgan fingerprint density at radius 2 is 1.62 bits per heavy atom. The molecule has 2 rings (SSSR count). The number of rotatable bonds is 6. The molecule has 0 aromatic heterocycles. The maximum Gasteiger partial charge on any atom is 0.115 e. The van der Waals surface area contributed by atoms with Gasteiger partial charge < -0.3 is 9.64 Å². The molecule has 0 N–H and O–H groups in total. The quantitative estimate of drug-likeness (QED) is 0.798. The predicted octanol–water partition coefficient (Wildman–Crippen LogP) is 3.84. The smallest absolute Gasteiger partial charge is 0.115 e. The summed E-state index contributed by atoms with van der Waals surface area (Å²) in [6.07, 6.45) is 0. The second-order valence-corrected chi connectivity index (χ2v) is 5.92. The van der Waals surface area contributed by atoms with E-state index in [1.54, 1.807) is 0 Å². The molecule has 0 saturated heterocycles. The summed E-state index contributed by atoms with van der Waals surface area (Å²) >= 11 is 0. The van der Waals surface area contributed by atoms with Gasteiger partial charge in [0.15, 0.2) is 0 Å². The van der Waals surface area contributed by atoms with Crippen LogP contribution in [-0.4, -0.2) is 32.1 Å². The lowest BCUT2D eigenvalue weighted by molar-refractivity contribution is -0.0102. The van der Waals surface area contributed by atoms with Crippen molar-refractivity contribution in [1.29, 1.82) is 0 Å². The Labute approximate surface area is 128 Å². The number of nitrogens with zero attached hydrogens (tertiary/aromatic N) is 1. The van der Waals surface area contributed by atoms with E-state index in [9.17, 15) is 0 Å². The van der Waals surface area contributed by atoms with Gasteiger partial charge in [0.2, 0.25) is 0 Å². The van der Waals surface area contributed by atoms with E-state index in [0.29, 0.717) is 6.61 Å². The number of hydrogen-bond acceptors (Lipinski definition) is 2. The Balaban J connectivity index is 2.34. The zero-order valence-corrected chi connectivity index (χ0v) is 13.5. The van der Waals surface area contributed by atoms with E-state index in [0.717, 1.165) is 6.54 Å². The first-order valence-electron chi connectivity index (χ1n) is 7.44. The van der Waals surface area contributed by atoms with Crippen molar-refractivity contribution in [3.05, 3.63) is 71.3 Å². The second-order valence-electron chi connectivity index (χ2n) is 5.92. The third-order valence-electron chi connectivity index (χ3n) is 3.82. The highest BCUT2D eigenvalue weighted by molar-refractivity contribution is 5.37. The van der Waals surface area contributed by atoms with Crippen LogP contribution in [0.25, 0.3) is 0 Å². The van der Waals surface area contributed by atoms with Crippen LogP contribution < -0.4 is 0 Å². The fourth-order valence-corrected chi connectivity index (χ4v) is 2.46. The van der Waals surface area contributed by atoms with Crippen molar-refractivity contribution in [2.45, 2.75) is 19.4 Å². The van der Waals surface area contributed by atoms with Gasteiger partial charge in [-0.05, 0) is 39.1 Å². The second kappa shape index (κ2) is 6.88. The van der Waals surface area contributed by atoms with E-state index in [1.807, 2.05) is 6.07 Å². The van der Waals surface area contributed by atoms with Gasteiger partial charge in [-0.15, -0.1) is 0 Å². The van der Waals surface area contributed by atoms with Crippen molar-refractivity contribution in [3.63, 3.8) is 0 Å². The average molecular weight is 283 g/mol. The molecule has 0 amide bonds. The van der Waals surface area contributed by atoms with E-state index in [-0.39, 0.29) is 0 Å². The maximum atomic E-state index is 6.33. The van der Waals surface area contributed by atoms with Crippen molar-refractivity contribution in [3.8, 4) is 0 Å². The van der Waals surface area contributed by atoms with Crippen LogP contribution in [0, 0.1) is 6.92 Å². The molecule has 0 fully saturated rings. The number of aryl methyl sites for hydroxylation is 1. The monoisotopic (exact) mass is 283 g/mol. The molecule has 0 aliphatic carbocycles. The molecule has 0 saturated carbocycles. The van der Waals surface area contributed by atoms with Crippen LogP contribution in [0.3, 0.4) is 0 Å². The van der Waals surface area contributed by atoms with Gasteiger partial charge in [-0.25, -0.2) is 0 Å². The largest absolute Gasteiger partial charge is 0.365 e. The Kier molecular flexibility index (Phi) is 5.16. The Morgan fingerprint density at radius 1 is 0.952 bits per heavy atom. The number of benzene rings is 2. The summed E-state index contributed by atoms with van der Waals surface area (Å²) in [5.74, 6) is 0. The van der Waals surface area contributed by atoms with Crippen molar-refractivity contribution in [1.82, 2.24) is 4.90 Å². The van der Waals surface area contributed by atoms with E-state index in [2.05, 4.69) is 81.4 Å². The summed E-state index contributed by atoms with van der Waals surface area (Å²) in [5, 5.41) is 0. The summed E-state index contributed by atoms with van der Waals surface area (Å²) in [5.41, 5.74) is 3.23. The van der Waals surface area contributed by atoms with Crippen molar-refractivity contribution in [2.75, 3.05) is 27.2 Å². The van der Waals surface area contributed by atoms with E-state index < -0.39 is 5.60 Å². The van der Waals surface area contributed by atoms with Crippen molar-refractivity contribution < 1.29 is 4.74 Å². The molecule has 2 aromatic carbocycles. The first-order valence-corrected chi connectivity index (χ1v) is 7.44. The van der Waals surface area contributed by atoms with Crippen LogP contribution in [0.1, 0.15) is 23.6 Å². The SMILES string of the molecule is Cc1cccc(C(C)(OCCN(C)C)c2ccccc2)c1. The molecule has 21 heavy (non-hydrogen) atoms. The highest BCUT2D eigenvalue weighted by atomic mass is 16.5. The summed E-state index contributed by atoms with van der Waals surface area (Å²) in [4.78, 5) is 2.14. The maximum absolute atomic E-state index is 6.33. The zero-order chi connectivity index (χ0) is 15.3.